The molecule has 0 aromatic heterocycles. The fourth-order valence-corrected chi connectivity index (χ4v) is 6.21. The first-order valence-electron chi connectivity index (χ1n) is 6.60. The second-order valence-electron chi connectivity index (χ2n) is 7.01. The molecule has 0 aliphatic heterocycles. The lowest BCUT2D eigenvalue weighted by atomic mass is 9.64. The summed E-state index contributed by atoms with van der Waals surface area (Å²) < 4.78 is 23.2. The molecule has 0 radical (unpaired) electrons. The summed E-state index contributed by atoms with van der Waals surface area (Å²) in [6, 6.07) is 0. The van der Waals surface area contributed by atoms with Crippen molar-refractivity contribution in [3.05, 3.63) is 0 Å². The fourth-order valence-electron chi connectivity index (χ4n) is 4.76. The Morgan fingerprint density at radius 1 is 1.35 bits per heavy atom. The number of nitrogens with two attached hydrogens (primary N) is 1. The minimum atomic E-state index is -3.39. The van der Waals surface area contributed by atoms with Crippen LogP contribution in [0, 0.1) is 28.6 Å². The van der Waals surface area contributed by atoms with E-state index in [2.05, 4.69) is 27.7 Å². The van der Waals surface area contributed by atoms with Gasteiger partial charge in [-0.2, -0.15) is 0 Å². The lowest BCUT2D eigenvalue weighted by Crippen LogP contribution is -2.45. The third-order valence-electron chi connectivity index (χ3n) is 5.75. The molecule has 100 valence electrons. The van der Waals surface area contributed by atoms with Crippen molar-refractivity contribution in [3.8, 4) is 0 Å². The zero-order valence-electron chi connectivity index (χ0n) is 11.4. The highest BCUT2D eigenvalue weighted by Crippen LogP contribution is 2.69. The van der Waals surface area contributed by atoms with Crippen LogP contribution in [-0.4, -0.2) is 14.2 Å². The van der Waals surface area contributed by atoms with Crippen molar-refractivity contribution >= 4 is 10.0 Å². The van der Waals surface area contributed by atoms with Crippen LogP contribution < -0.4 is 5.14 Å². The Morgan fingerprint density at radius 2 is 1.94 bits per heavy atom. The summed E-state index contributed by atoms with van der Waals surface area (Å²) in [6.07, 6.45) is 3.38. The molecule has 2 bridgehead atoms. The Bertz CT molecular complexity index is 413. The van der Waals surface area contributed by atoms with E-state index in [0.29, 0.717) is 17.8 Å². The molecule has 0 aromatic rings. The van der Waals surface area contributed by atoms with Gasteiger partial charge < -0.3 is 0 Å². The molecule has 2 rings (SSSR count). The summed E-state index contributed by atoms with van der Waals surface area (Å²) in [7, 11) is -3.39. The van der Waals surface area contributed by atoms with Gasteiger partial charge in [0.25, 0.3) is 0 Å². The number of hydrogen-bond donors (Lipinski definition) is 1. The molecular formula is C13H25NO2S. The molecule has 3 nitrogen and oxygen atoms in total. The van der Waals surface area contributed by atoms with Crippen LogP contribution in [0.3, 0.4) is 0 Å². The van der Waals surface area contributed by atoms with Gasteiger partial charge in [0.1, 0.15) is 0 Å². The average molecular weight is 259 g/mol. The molecule has 2 fully saturated rings. The van der Waals surface area contributed by atoms with Crippen LogP contribution in [0.5, 0.6) is 0 Å². The van der Waals surface area contributed by atoms with E-state index in [1.165, 1.54) is 12.8 Å². The van der Waals surface area contributed by atoms with E-state index in [4.69, 9.17) is 5.14 Å². The van der Waals surface area contributed by atoms with Gasteiger partial charge in [-0.25, -0.2) is 13.6 Å². The second kappa shape index (κ2) is 3.70. The zero-order chi connectivity index (χ0) is 13.1. The van der Waals surface area contributed by atoms with Crippen molar-refractivity contribution < 1.29 is 8.42 Å². The number of sulfonamides is 1. The number of hydrogen-bond acceptors (Lipinski definition) is 2. The summed E-state index contributed by atoms with van der Waals surface area (Å²) in [6.45, 7) is 8.93. The van der Waals surface area contributed by atoms with E-state index in [1.54, 1.807) is 0 Å². The summed E-state index contributed by atoms with van der Waals surface area (Å²) in [5.74, 6) is 1.90. The number of fused-ring (bicyclic) bond motifs is 2. The van der Waals surface area contributed by atoms with E-state index in [-0.39, 0.29) is 16.6 Å². The molecule has 0 amide bonds. The van der Waals surface area contributed by atoms with Crippen LogP contribution in [0.1, 0.15) is 47.0 Å². The number of primary sulfonamides is 1. The standard InChI is InChI=1S/C13H25NO2S/c1-9(2)11-7-10-5-6-13(11,12(10,3)4)8-17(14,15)16/h9-11H,5-8H2,1-4H3,(H2,14,15,16). The van der Waals surface area contributed by atoms with E-state index < -0.39 is 10.0 Å². The Kier molecular flexibility index (Phi) is 2.91. The minimum Gasteiger partial charge on any atom is -0.229 e. The first-order chi connectivity index (χ1) is 7.60. The van der Waals surface area contributed by atoms with Gasteiger partial charge >= 0.3 is 0 Å². The maximum atomic E-state index is 11.6. The molecule has 0 spiro atoms. The normalized spacial score (nSPS) is 40.1. The molecule has 3 atom stereocenters. The second-order valence-corrected chi connectivity index (χ2v) is 8.62. The summed E-state index contributed by atoms with van der Waals surface area (Å²) in [4.78, 5) is 0. The summed E-state index contributed by atoms with van der Waals surface area (Å²) in [5, 5.41) is 5.35. The summed E-state index contributed by atoms with van der Waals surface area (Å²) >= 11 is 0. The van der Waals surface area contributed by atoms with Gasteiger partial charge in [-0.3, -0.25) is 0 Å². The third kappa shape index (κ3) is 1.84. The highest BCUT2D eigenvalue weighted by atomic mass is 32.2. The predicted octanol–water partition coefficient (Wildman–Crippen LogP) is 2.37. The van der Waals surface area contributed by atoms with Crippen molar-refractivity contribution in [3.63, 3.8) is 0 Å². The van der Waals surface area contributed by atoms with Gasteiger partial charge in [-0.1, -0.05) is 27.7 Å². The van der Waals surface area contributed by atoms with Crippen molar-refractivity contribution in [2.45, 2.75) is 47.0 Å². The molecule has 2 N–H and O–H groups in total. The molecule has 0 heterocycles. The Hall–Kier alpha value is -0.0900. The molecule has 2 saturated carbocycles. The topological polar surface area (TPSA) is 60.2 Å². The van der Waals surface area contributed by atoms with Crippen LogP contribution in [0.4, 0.5) is 0 Å². The third-order valence-corrected chi connectivity index (χ3v) is 6.67. The van der Waals surface area contributed by atoms with Crippen LogP contribution >= 0.6 is 0 Å². The summed E-state index contributed by atoms with van der Waals surface area (Å²) in [5.41, 5.74) is 0.0355. The average Bonchev–Trinajstić information content (AvgIpc) is 2.46. The molecule has 0 aromatic carbocycles. The van der Waals surface area contributed by atoms with Gasteiger partial charge in [-0.05, 0) is 47.8 Å². The van der Waals surface area contributed by atoms with Crippen molar-refractivity contribution in [1.29, 1.82) is 0 Å². The van der Waals surface area contributed by atoms with E-state index in [1.807, 2.05) is 0 Å². The lowest BCUT2D eigenvalue weighted by molar-refractivity contribution is 0.0801. The first kappa shape index (κ1) is 13.3. The lowest BCUT2D eigenvalue weighted by Gasteiger charge is -2.43. The molecular weight excluding hydrogens is 234 g/mol. The highest BCUT2D eigenvalue weighted by molar-refractivity contribution is 7.89. The van der Waals surface area contributed by atoms with Crippen LogP contribution in [0.15, 0.2) is 0 Å². The maximum Gasteiger partial charge on any atom is 0.209 e. The van der Waals surface area contributed by atoms with Gasteiger partial charge in [0, 0.05) is 0 Å². The first-order valence-corrected chi connectivity index (χ1v) is 8.32. The highest BCUT2D eigenvalue weighted by Gasteiger charge is 2.65. The Morgan fingerprint density at radius 3 is 2.35 bits per heavy atom. The van der Waals surface area contributed by atoms with E-state index >= 15 is 0 Å². The van der Waals surface area contributed by atoms with Crippen LogP contribution in [0.2, 0.25) is 0 Å². The van der Waals surface area contributed by atoms with Gasteiger partial charge in [0.05, 0.1) is 5.75 Å². The maximum absolute atomic E-state index is 11.6. The largest absolute Gasteiger partial charge is 0.229 e. The van der Waals surface area contributed by atoms with Crippen LogP contribution in [-0.2, 0) is 10.0 Å². The Balaban J connectivity index is 2.43. The molecule has 2 aliphatic rings. The molecule has 4 heteroatoms. The smallest absolute Gasteiger partial charge is 0.209 e. The molecule has 17 heavy (non-hydrogen) atoms. The minimum absolute atomic E-state index is 0.0839. The molecule has 2 aliphatic carbocycles. The molecule has 0 saturated heterocycles. The van der Waals surface area contributed by atoms with Gasteiger partial charge in [0.15, 0.2) is 0 Å². The number of rotatable bonds is 3. The van der Waals surface area contributed by atoms with Gasteiger partial charge in [0.2, 0.25) is 10.0 Å². The zero-order valence-corrected chi connectivity index (χ0v) is 12.2. The van der Waals surface area contributed by atoms with E-state index in [0.717, 1.165) is 6.42 Å². The quantitative estimate of drug-likeness (QED) is 0.846. The monoisotopic (exact) mass is 259 g/mol. The van der Waals surface area contributed by atoms with Crippen molar-refractivity contribution in [2.24, 2.45) is 33.7 Å². The fraction of sp³-hybridized carbons (Fsp3) is 1.00. The van der Waals surface area contributed by atoms with Gasteiger partial charge in [-0.15, -0.1) is 0 Å². The molecule has 3 unspecified atom stereocenters. The van der Waals surface area contributed by atoms with Crippen molar-refractivity contribution in [2.75, 3.05) is 5.75 Å². The Labute approximate surface area is 105 Å². The predicted molar refractivity (Wildman–Crippen MR) is 69.9 cm³/mol. The van der Waals surface area contributed by atoms with E-state index in [9.17, 15) is 8.42 Å². The van der Waals surface area contributed by atoms with Crippen molar-refractivity contribution in [1.82, 2.24) is 0 Å². The SMILES string of the molecule is CC(C)C1CC2CCC1(CS(N)(=O)=O)C2(C)C. The van der Waals surface area contributed by atoms with Crippen LogP contribution in [0.25, 0.3) is 0 Å².